The second kappa shape index (κ2) is 6.36. The zero-order valence-electron chi connectivity index (χ0n) is 13.7. The van der Waals surface area contributed by atoms with Gasteiger partial charge in [0.05, 0.1) is 5.69 Å². The van der Waals surface area contributed by atoms with Crippen molar-refractivity contribution in [3.8, 4) is 5.69 Å². The highest BCUT2D eigenvalue weighted by Crippen LogP contribution is 2.23. The van der Waals surface area contributed by atoms with Crippen molar-refractivity contribution in [1.82, 2.24) is 25.1 Å². The lowest BCUT2D eigenvalue weighted by Crippen LogP contribution is -2.44. The van der Waals surface area contributed by atoms with Crippen LogP contribution in [0.3, 0.4) is 0 Å². The van der Waals surface area contributed by atoms with Crippen LogP contribution in [0.5, 0.6) is 0 Å². The van der Waals surface area contributed by atoms with Crippen LogP contribution in [0, 0.1) is 18.8 Å². The fourth-order valence-electron chi connectivity index (χ4n) is 3.19. The maximum Gasteiger partial charge on any atom is 0.321 e. The summed E-state index contributed by atoms with van der Waals surface area (Å²) in [5, 5.41) is 14.2. The van der Waals surface area contributed by atoms with Gasteiger partial charge in [-0.1, -0.05) is 19.9 Å². The van der Waals surface area contributed by atoms with Gasteiger partial charge in [0.1, 0.15) is 6.33 Å². The number of amides is 2. The summed E-state index contributed by atoms with van der Waals surface area (Å²) in [4.78, 5) is 14.5. The van der Waals surface area contributed by atoms with Gasteiger partial charge >= 0.3 is 6.03 Å². The number of urea groups is 1. The first-order valence-corrected chi connectivity index (χ1v) is 7.93. The summed E-state index contributed by atoms with van der Waals surface area (Å²) in [5.74, 6) is 1.08. The minimum atomic E-state index is -0.0413. The average molecular weight is 314 g/mol. The number of rotatable bonds is 2. The molecule has 1 aromatic heterocycles. The molecule has 2 atom stereocenters. The number of anilines is 1. The molecule has 2 amide bonds. The highest BCUT2D eigenvalue weighted by atomic mass is 16.2. The van der Waals surface area contributed by atoms with Crippen molar-refractivity contribution in [2.75, 3.05) is 18.4 Å². The minimum Gasteiger partial charge on any atom is -0.324 e. The predicted molar refractivity (Wildman–Crippen MR) is 87.4 cm³/mol. The van der Waals surface area contributed by atoms with Crippen LogP contribution in [0.25, 0.3) is 5.69 Å². The van der Waals surface area contributed by atoms with Crippen LogP contribution in [-0.2, 0) is 0 Å². The lowest BCUT2D eigenvalue weighted by atomic mass is 9.92. The summed E-state index contributed by atoms with van der Waals surface area (Å²) >= 11 is 0. The molecule has 2 heterocycles. The van der Waals surface area contributed by atoms with Crippen molar-refractivity contribution < 1.29 is 4.79 Å². The third-order valence-electron chi connectivity index (χ3n) is 4.23. The Morgan fingerprint density at radius 3 is 2.65 bits per heavy atom. The van der Waals surface area contributed by atoms with Gasteiger partial charge in [-0.2, -0.15) is 0 Å². The van der Waals surface area contributed by atoms with Gasteiger partial charge in [-0.3, -0.25) is 0 Å². The van der Waals surface area contributed by atoms with Crippen LogP contribution in [0.15, 0.2) is 24.5 Å². The maximum absolute atomic E-state index is 12.6. The fourth-order valence-corrected chi connectivity index (χ4v) is 3.19. The summed E-state index contributed by atoms with van der Waals surface area (Å²) in [7, 11) is 0. The van der Waals surface area contributed by atoms with Gasteiger partial charge < -0.3 is 10.2 Å². The summed E-state index contributed by atoms with van der Waals surface area (Å²) in [6.45, 7) is 7.98. The van der Waals surface area contributed by atoms with Crippen LogP contribution < -0.4 is 5.32 Å². The molecule has 1 aliphatic heterocycles. The van der Waals surface area contributed by atoms with Gasteiger partial charge in [0.15, 0.2) is 0 Å². The Morgan fingerprint density at radius 1 is 1.26 bits per heavy atom. The van der Waals surface area contributed by atoms with E-state index in [0.29, 0.717) is 11.8 Å². The number of nitrogens with one attached hydrogen (secondary N) is 1. The van der Waals surface area contributed by atoms with E-state index in [-0.39, 0.29) is 6.03 Å². The SMILES string of the molecule is Cc1ccc(-n2cnnn2)cc1NC(=O)N1C[C@@H](C)C[C@H](C)C1. The smallest absolute Gasteiger partial charge is 0.321 e. The van der Waals surface area contributed by atoms with Gasteiger partial charge in [0.25, 0.3) is 0 Å². The average Bonchev–Trinajstić information content (AvgIpc) is 3.02. The summed E-state index contributed by atoms with van der Waals surface area (Å²) < 4.78 is 1.57. The Balaban J connectivity index is 1.76. The number of aromatic nitrogens is 4. The van der Waals surface area contributed by atoms with Crippen molar-refractivity contribution in [3.63, 3.8) is 0 Å². The van der Waals surface area contributed by atoms with Crippen LogP contribution in [0.4, 0.5) is 10.5 Å². The summed E-state index contributed by atoms with van der Waals surface area (Å²) in [6.07, 6.45) is 2.71. The number of hydrogen-bond acceptors (Lipinski definition) is 4. The molecule has 0 radical (unpaired) electrons. The van der Waals surface area contributed by atoms with Crippen molar-refractivity contribution in [3.05, 3.63) is 30.1 Å². The highest BCUT2D eigenvalue weighted by Gasteiger charge is 2.25. The quantitative estimate of drug-likeness (QED) is 0.924. The second-order valence-corrected chi connectivity index (χ2v) is 6.53. The second-order valence-electron chi connectivity index (χ2n) is 6.53. The van der Waals surface area contributed by atoms with Crippen molar-refractivity contribution in [1.29, 1.82) is 0 Å². The minimum absolute atomic E-state index is 0.0413. The largest absolute Gasteiger partial charge is 0.324 e. The number of carbonyl (C=O) groups excluding carboxylic acids is 1. The Bertz CT molecular complexity index is 674. The van der Waals surface area contributed by atoms with E-state index in [2.05, 4.69) is 34.7 Å². The van der Waals surface area contributed by atoms with Crippen LogP contribution in [-0.4, -0.2) is 44.2 Å². The van der Waals surface area contributed by atoms with Crippen molar-refractivity contribution in [2.24, 2.45) is 11.8 Å². The van der Waals surface area contributed by atoms with E-state index in [1.807, 2.05) is 30.0 Å². The summed E-state index contributed by atoms with van der Waals surface area (Å²) in [5.41, 5.74) is 2.61. The van der Waals surface area contributed by atoms with Crippen LogP contribution in [0.2, 0.25) is 0 Å². The molecule has 1 aromatic carbocycles. The van der Waals surface area contributed by atoms with E-state index < -0.39 is 0 Å². The molecule has 0 unspecified atom stereocenters. The Kier molecular flexibility index (Phi) is 4.27. The topological polar surface area (TPSA) is 75.9 Å². The summed E-state index contributed by atoms with van der Waals surface area (Å²) in [6, 6.07) is 5.72. The molecule has 7 heteroatoms. The number of tetrazole rings is 1. The molecule has 1 N–H and O–H groups in total. The van der Waals surface area contributed by atoms with Gasteiger partial charge in [0.2, 0.25) is 0 Å². The monoisotopic (exact) mass is 314 g/mol. The van der Waals surface area contributed by atoms with Crippen LogP contribution in [0.1, 0.15) is 25.8 Å². The van der Waals surface area contributed by atoms with Gasteiger partial charge in [-0.05, 0) is 53.3 Å². The molecular weight excluding hydrogens is 292 g/mol. The zero-order valence-corrected chi connectivity index (χ0v) is 13.7. The molecule has 7 nitrogen and oxygen atoms in total. The molecule has 2 aromatic rings. The molecule has 23 heavy (non-hydrogen) atoms. The first kappa shape index (κ1) is 15.5. The highest BCUT2D eigenvalue weighted by molar-refractivity contribution is 5.90. The maximum atomic E-state index is 12.6. The Morgan fingerprint density at radius 2 is 2.00 bits per heavy atom. The number of nitrogens with zero attached hydrogens (tertiary/aromatic N) is 5. The van der Waals surface area contributed by atoms with Gasteiger partial charge in [0, 0.05) is 18.8 Å². The molecule has 0 spiro atoms. The normalized spacial score (nSPS) is 21.3. The predicted octanol–water partition coefficient (Wildman–Crippen LogP) is 2.48. The fraction of sp³-hybridized carbons (Fsp3) is 0.500. The van der Waals surface area contributed by atoms with E-state index in [1.165, 1.54) is 12.7 Å². The Hall–Kier alpha value is -2.44. The molecule has 1 saturated heterocycles. The molecule has 0 aliphatic carbocycles. The van der Waals surface area contributed by atoms with Crippen LogP contribution >= 0.6 is 0 Å². The third-order valence-corrected chi connectivity index (χ3v) is 4.23. The van der Waals surface area contributed by atoms with E-state index in [4.69, 9.17) is 0 Å². The zero-order chi connectivity index (χ0) is 16.4. The van der Waals surface area contributed by atoms with Crippen molar-refractivity contribution in [2.45, 2.75) is 27.2 Å². The number of likely N-dealkylation sites (tertiary alicyclic amines) is 1. The van der Waals surface area contributed by atoms with Crippen molar-refractivity contribution >= 4 is 11.7 Å². The lowest BCUT2D eigenvalue weighted by Gasteiger charge is -2.35. The van der Waals surface area contributed by atoms with E-state index in [9.17, 15) is 4.79 Å². The first-order chi connectivity index (χ1) is 11.0. The van der Waals surface area contributed by atoms with E-state index in [1.54, 1.807) is 4.68 Å². The molecule has 0 bridgehead atoms. The van der Waals surface area contributed by atoms with E-state index >= 15 is 0 Å². The van der Waals surface area contributed by atoms with E-state index in [0.717, 1.165) is 30.0 Å². The molecule has 3 rings (SSSR count). The number of hydrogen-bond donors (Lipinski definition) is 1. The molecule has 0 saturated carbocycles. The number of carbonyl (C=O) groups is 1. The standard InChI is InChI=1S/C16H22N6O/c1-11-6-12(2)9-21(8-11)16(23)18-15-7-14(5-4-13(15)3)22-10-17-19-20-22/h4-5,7,10-12H,6,8-9H2,1-3H3,(H,18,23)/t11-,12-/m0/s1. The number of piperidine rings is 1. The first-order valence-electron chi connectivity index (χ1n) is 7.93. The van der Waals surface area contributed by atoms with Gasteiger partial charge in [-0.25, -0.2) is 9.48 Å². The third kappa shape index (κ3) is 3.49. The number of aryl methyl sites for hydroxylation is 1. The molecule has 122 valence electrons. The lowest BCUT2D eigenvalue weighted by molar-refractivity contribution is 0.156. The van der Waals surface area contributed by atoms with Gasteiger partial charge in [-0.15, -0.1) is 5.10 Å². The Labute approximate surface area is 135 Å². The molecular formula is C16H22N6O. The molecule has 1 fully saturated rings. The molecule has 1 aliphatic rings. The number of benzene rings is 1.